The van der Waals surface area contributed by atoms with Crippen molar-refractivity contribution >= 4 is 18.0 Å². The Kier molecular flexibility index (Phi) is 8.25. The first-order chi connectivity index (χ1) is 17.8. The lowest BCUT2D eigenvalue weighted by molar-refractivity contribution is -0.123. The molecule has 0 aliphatic heterocycles. The molecule has 10 nitrogen and oxygen atoms in total. The number of carbonyl (C=O) groups is 2. The lowest BCUT2D eigenvalue weighted by atomic mass is 9.88. The van der Waals surface area contributed by atoms with Gasteiger partial charge in [-0.15, -0.1) is 0 Å². The average molecular weight is 508 g/mol. The van der Waals surface area contributed by atoms with Crippen LogP contribution in [0.2, 0.25) is 0 Å². The molecule has 4 rings (SSSR count). The van der Waals surface area contributed by atoms with Crippen LogP contribution in [0.15, 0.2) is 41.4 Å². The van der Waals surface area contributed by atoms with Gasteiger partial charge in [-0.05, 0) is 81.9 Å². The van der Waals surface area contributed by atoms with Crippen LogP contribution >= 0.6 is 0 Å². The molecule has 0 radical (unpaired) electrons. The molecule has 2 aromatic heterocycles. The van der Waals surface area contributed by atoms with Crippen molar-refractivity contribution in [3.63, 3.8) is 0 Å². The molecule has 2 fully saturated rings. The van der Waals surface area contributed by atoms with E-state index < -0.39 is 6.04 Å². The number of rotatable bonds is 12. The fourth-order valence-electron chi connectivity index (χ4n) is 4.84. The van der Waals surface area contributed by atoms with Gasteiger partial charge in [0.25, 0.3) is 5.91 Å². The van der Waals surface area contributed by atoms with E-state index in [0.717, 1.165) is 36.8 Å². The summed E-state index contributed by atoms with van der Waals surface area (Å²) in [6, 6.07) is 2.99. The number of nitrogens with two attached hydrogens (primary N) is 1. The minimum atomic E-state index is -0.674. The molecular weight excluding hydrogens is 470 g/mol. The number of aliphatic imine (C=N–C) groups is 1. The molecule has 198 valence electrons. The van der Waals surface area contributed by atoms with Gasteiger partial charge in [0.1, 0.15) is 11.7 Å². The third-order valence-corrected chi connectivity index (χ3v) is 6.87. The van der Waals surface area contributed by atoms with Crippen LogP contribution in [0.3, 0.4) is 0 Å². The molecule has 0 saturated heterocycles. The minimum Gasteiger partial charge on any atom is -0.481 e. The first-order valence-corrected chi connectivity index (χ1v) is 12.9. The molecule has 2 aliphatic carbocycles. The number of pyridine rings is 1. The zero-order valence-corrected chi connectivity index (χ0v) is 22.0. The number of carbonyl (C=O) groups excluding carboxylic acids is 2. The summed E-state index contributed by atoms with van der Waals surface area (Å²) in [7, 11) is 1.56. The van der Waals surface area contributed by atoms with Crippen LogP contribution < -0.4 is 21.1 Å². The average Bonchev–Trinajstić information content (AvgIpc) is 3.82. The van der Waals surface area contributed by atoms with E-state index in [-0.39, 0.29) is 23.8 Å². The number of amides is 2. The second-order valence-electron chi connectivity index (χ2n) is 10.2. The number of ether oxygens (including phenoxy) is 1. The third kappa shape index (κ3) is 6.55. The topological polar surface area (TPSA) is 137 Å². The fraction of sp³-hybridized carbons (Fsp3) is 0.519. The second kappa shape index (κ2) is 11.6. The van der Waals surface area contributed by atoms with Gasteiger partial charge in [0, 0.05) is 36.4 Å². The number of methoxy groups -OCH3 is 1. The van der Waals surface area contributed by atoms with E-state index in [0.29, 0.717) is 35.7 Å². The van der Waals surface area contributed by atoms with Crippen molar-refractivity contribution in [3.05, 3.63) is 53.2 Å². The van der Waals surface area contributed by atoms with Gasteiger partial charge in [-0.2, -0.15) is 5.10 Å². The van der Waals surface area contributed by atoms with Crippen molar-refractivity contribution in [1.82, 2.24) is 25.4 Å². The third-order valence-electron chi connectivity index (χ3n) is 6.87. The Morgan fingerprint density at radius 1 is 1.27 bits per heavy atom. The Labute approximate surface area is 217 Å². The fourth-order valence-corrected chi connectivity index (χ4v) is 4.84. The normalized spacial score (nSPS) is 16.9. The standard InChI is InChI=1S/C27H37N7O3/c1-16(2)34-22(9-10-31-34)25(35)33-24(23(18-5-6-18)19-7-8-19)26(36)32-21(12-28)15-29-14-20-11-17(3)13-30-27(20)37-4/h9-13,15-16,18-19,23-24H,5-8,14,28H2,1-4H3,(H,32,36)(H,33,35)/b21-12+,29-15?. The van der Waals surface area contributed by atoms with E-state index in [1.165, 1.54) is 12.4 Å². The number of nitrogens with one attached hydrogen (secondary N) is 2. The van der Waals surface area contributed by atoms with Crippen molar-refractivity contribution < 1.29 is 14.3 Å². The van der Waals surface area contributed by atoms with Crippen LogP contribution in [0.5, 0.6) is 5.88 Å². The summed E-state index contributed by atoms with van der Waals surface area (Å²) in [5, 5.41) is 10.2. The van der Waals surface area contributed by atoms with E-state index >= 15 is 0 Å². The highest BCUT2D eigenvalue weighted by Crippen LogP contribution is 2.50. The van der Waals surface area contributed by atoms with Crippen LogP contribution in [0.4, 0.5) is 0 Å². The molecule has 2 aromatic rings. The lowest BCUT2D eigenvalue weighted by Crippen LogP contribution is -2.52. The summed E-state index contributed by atoms with van der Waals surface area (Å²) < 4.78 is 6.98. The van der Waals surface area contributed by atoms with E-state index in [1.54, 1.807) is 30.3 Å². The van der Waals surface area contributed by atoms with Gasteiger partial charge >= 0.3 is 0 Å². The van der Waals surface area contributed by atoms with Gasteiger partial charge < -0.3 is 21.1 Å². The highest BCUT2D eigenvalue weighted by molar-refractivity contribution is 5.98. The van der Waals surface area contributed by atoms with Crippen molar-refractivity contribution in [2.24, 2.45) is 28.5 Å². The molecule has 4 N–H and O–H groups in total. The van der Waals surface area contributed by atoms with Crippen LogP contribution in [-0.4, -0.2) is 45.9 Å². The predicted molar refractivity (Wildman–Crippen MR) is 141 cm³/mol. The minimum absolute atomic E-state index is 0.0240. The monoisotopic (exact) mass is 507 g/mol. The number of allylic oxidation sites excluding steroid dienone is 1. The maximum Gasteiger partial charge on any atom is 0.270 e. The first-order valence-electron chi connectivity index (χ1n) is 12.9. The molecule has 1 unspecified atom stereocenters. The Hall–Kier alpha value is -3.69. The molecule has 2 saturated carbocycles. The number of nitrogens with zero attached hydrogens (tertiary/aromatic N) is 4. The molecule has 2 aliphatic rings. The van der Waals surface area contributed by atoms with Crippen molar-refractivity contribution in [2.75, 3.05) is 7.11 Å². The maximum atomic E-state index is 13.6. The summed E-state index contributed by atoms with van der Waals surface area (Å²) >= 11 is 0. The van der Waals surface area contributed by atoms with Crippen molar-refractivity contribution in [3.8, 4) is 5.88 Å². The Balaban J connectivity index is 1.49. The zero-order valence-electron chi connectivity index (χ0n) is 22.0. The molecule has 0 bridgehead atoms. The molecule has 2 heterocycles. The molecule has 1 atom stereocenters. The van der Waals surface area contributed by atoms with Crippen LogP contribution in [-0.2, 0) is 11.3 Å². The zero-order chi connectivity index (χ0) is 26.5. The first kappa shape index (κ1) is 26.4. The quantitative estimate of drug-likeness (QED) is 0.378. The number of hydrogen-bond donors (Lipinski definition) is 3. The summed E-state index contributed by atoms with van der Waals surface area (Å²) in [4.78, 5) is 35.6. The second-order valence-corrected chi connectivity index (χ2v) is 10.2. The van der Waals surface area contributed by atoms with E-state index in [1.807, 2.05) is 26.8 Å². The Morgan fingerprint density at radius 3 is 2.57 bits per heavy atom. The van der Waals surface area contributed by atoms with Gasteiger partial charge in [0.2, 0.25) is 11.8 Å². The molecule has 0 spiro atoms. The van der Waals surface area contributed by atoms with E-state index in [2.05, 4.69) is 25.7 Å². The summed E-state index contributed by atoms with van der Waals surface area (Å²) in [5.41, 5.74) is 8.46. The van der Waals surface area contributed by atoms with E-state index in [4.69, 9.17) is 10.5 Å². The van der Waals surface area contributed by atoms with Gasteiger partial charge in [-0.3, -0.25) is 19.3 Å². The van der Waals surface area contributed by atoms with Crippen LogP contribution in [0, 0.1) is 24.7 Å². The van der Waals surface area contributed by atoms with Crippen LogP contribution in [0.1, 0.15) is 67.2 Å². The van der Waals surface area contributed by atoms with Gasteiger partial charge in [0.05, 0.1) is 19.4 Å². The highest BCUT2D eigenvalue weighted by Gasteiger charge is 2.48. The smallest absolute Gasteiger partial charge is 0.270 e. The summed E-state index contributed by atoms with van der Waals surface area (Å²) in [6.45, 7) is 6.19. The van der Waals surface area contributed by atoms with Crippen molar-refractivity contribution in [2.45, 2.75) is 65.1 Å². The molecule has 2 amide bonds. The predicted octanol–water partition coefficient (Wildman–Crippen LogP) is 2.90. The largest absolute Gasteiger partial charge is 0.481 e. The maximum absolute atomic E-state index is 13.6. The Morgan fingerprint density at radius 2 is 1.97 bits per heavy atom. The summed E-state index contributed by atoms with van der Waals surface area (Å²) in [5.74, 6) is 0.898. The molecular formula is C27H37N7O3. The lowest BCUT2D eigenvalue weighted by Gasteiger charge is -2.27. The van der Waals surface area contributed by atoms with Crippen LogP contribution in [0.25, 0.3) is 0 Å². The molecule has 0 aromatic carbocycles. The SMILES string of the molecule is COc1ncc(C)cc1CN=C/C(=C\N)NC(=O)C(NC(=O)c1ccnn1C(C)C)C(C1CC1)C1CC1. The van der Waals surface area contributed by atoms with Gasteiger partial charge in [-0.25, -0.2) is 4.98 Å². The highest BCUT2D eigenvalue weighted by atomic mass is 16.5. The Bertz CT molecular complexity index is 1170. The van der Waals surface area contributed by atoms with Gasteiger partial charge in [0.15, 0.2) is 0 Å². The number of aryl methyl sites for hydroxylation is 1. The molecule has 37 heavy (non-hydrogen) atoms. The summed E-state index contributed by atoms with van der Waals surface area (Å²) in [6.07, 6.45) is 10.5. The van der Waals surface area contributed by atoms with E-state index in [9.17, 15) is 9.59 Å². The number of hydrogen-bond acceptors (Lipinski definition) is 7. The molecule has 10 heteroatoms. The van der Waals surface area contributed by atoms with Crippen molar-refractivity contribution in [1.29, 1.82) is 0 Å². The van der Waals surface area contributed by atoms with Gasteiger partial charge in [-0.1, -0.05) is 0 Å². The number of aromatic nitrogens is 3.